The fourth-order valence-corrected chi connectivity index (χ4v) is 1.47. The second kappa shape index (κ2) is 4.00. The van der Waals surface area contributed by atoms with Crippen molar-refractivity contribution in [1.29, 1.82) is 0 Å². The molecule has 0 radical (unpaired) electrons. The number of hydrogen-bond acceptors (Lipinski definition) is 1. The second-order valence-electron chi connectivity index (χ2n) is 3.39. The van der Waals surface area contributed by atoms with Crippen molar-refractivity contribution in [3.63, 3.8) is 0 Å². The first kappa shape index (κ1) is 10.7. The summed E-state index contributed by atoms with van der Waals surface area (Å²) in [5.41, 5.74) is 0.624. The van der Waals surface area contributed by atoms with Gasteiger partial charge in [0, 0.05) is 11.9 Å². The minimum atomic E-state index is -2.82. The van der Waals surface area contributed by atoms with E-state index in [2.05, 4.69) is 5.10 Å². The normalized spacial score (nSPS) is 11.1. The molecule has 1 aromatic carbocycles. The van der Waals surface area contributed by atoms with E-state index in [0.29, 0.717) is 5.69 Å². The number of halogens is 3. The van der Waals surface area contributed by atoms with E-state index in [1.54, 1.807) is 19.2 Å². The van der Waals surface area contributed by atoms with Gasteiger partial charge in [-0.2, -0.15) is 5.10 Å². The van der Waals surface area contributed by atoms with Gasteiger partial charge < -0.3 is 0 Å². The zero-order valence-corrected chi connectivity index (χ0v) is 8.49. The lowest BCUT2D eigenvalue weighted by Crippen LogP contribution is -2.01. The van der Waals surface area contributed by atoms with E-state index in [-0.39, 0.29) is 0 Å². The van der Waals surface area contributed by atoms with E-state index in [9.17, 15) is 13.2 Å². The third-order valence-electron chi connectivity index (χ3n) is 2.29. The highest BCUT2D eigenvalue weighted by Crippen LogP contribution is 2.24. The van der Waals surface area contributed by atoms with E-state index in [1.807, 2.05) is 0 Å². The monoisotopic (exact) mass is 226 g/mol. The summed E-state index contributed by atoms with van der Waals surface area (Å²) in [6, 6.07) is 5.30. The Morgan fingerprint density at radius 3 is 2.56 bits per heavy atom. The Kier molecular flexibility index (Phi) is 2.68. The summed E-state index contributed by atoms with van der Waals surface area (Å²) >= 11 is 0. The summed E-state index contributed by atoms with van der Waals surface area (Å²) in [5.74, 6) is -0.899. The smallest absolute Gasteiger partial charge is 0.238 e. The van der Waals surface area contributed by atoms with E-state index in [0.717, 1.165) is 17.8 Å². The van der Waals surface area contributed by atoms with Crippen LogP contribution in [0.5, 0.6) is 0 Å². The van der Waals surface area contributed by atoms with Gasteiger partial charge in [0.25, 0.3) is 6.43 Å². The van der Waals surface area contributed by atoms with Gasteiger partial charge >= 0.3 is 0 Å². The van der Waals surface area contributed by atoms with Crippen LogP contribution in [-0.2, 0) is 0 Å². The average Bonchev–Trinajstić information content (AvgIpc) is 2.65. The van der Waals surface area contributed by atoms with Crippen molar-refractivity contribution < 1.29 is 13.2 Å². The topological polar surface area (TPSA) is 17.8 Å². The summed E-state index contributed by atoms with van der Waals surface area (Å²) in [4.78, 5) is 0. The molecular weight excluding hydrogens is 217 g/mol. The molecule has 0 aliphatic carbocycles. The lowest BCUT2D eigenvalue weighted by molar-refractivity contribution is 0.146. The Labute approximate surface area is 90.3 Å². The third kappa shape index (κ3) is 1.80. The molecule has 16 heavy (non-hydrogen) atoms. The summed E-state index contributed by atoms with van der Waals surface area (Å²) in [7, 11) is 0. The lowest BCUT2D eigenvalue weighted by Gasteiger charge is -2.07. The number of benzene rings is 1. The predicted octanol–water partition coefficient (Wildman–Crippen LogP) is 3.26. The van der Waals surface area contributed by atoms with Gasteiger partial charge in [0.1, 0.15) is 5.82 Å². The molecule has 0 saturated carbocycles. The molecule has 0 aliphatic heterocycles. The first-order valence-corrected chi connectivity index (χ1v) is 4.68. The maximum Gasteiger partial charge on any atom is 0.266 e. The average molecular weight is 226 g/mol. The SMILES string of the molecule is Cc1ccnn1-c1ccc(F)c(C(F)F)c1. The Balaban J connectivity index is 2.52. The van der Waals surface area contributed by atoms with E-state index >= 15 is 0 Å². The van der Waals surface area contributed by atoms with Crippen molar-refractivity contribution in [2.24, 2.45) is 0 Å². The number of nitrogens with zero attached hydrogens (tertiary/aromatic N) is 2. The Hall–Kier alpha value is -1.78. The van der Waals surface area contributed by atoms with Crippen molar-refractivity contribution in [1.82, 2.24) is 9.78 Å². The van der Waals surface area contributed by atoms with Gasteiger partial charge in [-0.25, -0.2) is 17.9 Å². The number of alkyl halides is 2. The third-order valence-corrected chi connectivity index (χ3v) is 2.29. The zero-order valence-electron chi connectivity index (χ0n) is 8.49. The summed E-state index contributed by atoms with van der Waals surface area (Å²) in [6.45, 7) is 1.79. The van der Waals surface area contributed by atoms with E-state index in [4.69, 9.17) is 0 Å². The summed E-state index contributed by atoms with van der Waals surface area (Å²) in [5, 5.41) is 3.97. The van der Waals surface area contributed by atoms with Crippen LogP contribution in [0.3, 0.4) is 0 Å². The van der Waals surface area contributed by atoms with Crippen LogP contribution in [0, 0.1) is 12.7 Å². The molecule has 84 valence electrons. The molecule has 0 spiro atoms. The van der Waals surface area contributed by atoms with E-state index in [1.165, 1.54) is 10.7 Å². The van der Waals surface area contributed by atoms with E-state index < -0.39 is 17.8 Å². The molecule has 0 N–H and O–H groups in total. The zero-order chi connectivity index (χ0) is 11.7. The lowest BCUT2D eigenvalue weighted by atomic mass is 10.2. The molecule has 1 aromatic heterocycles. The molecule has 2 aromatic rings. The standard InChI is InChI=1S/C11H9F3N2/c1-7-4-5-15-16(7)8-2-3-10(12)9(6-8)11(13)14/h2-6,11H,1H3. The quantitative estimate of drug-likeness (QED) is 0.768. The minimum Gasteiger partial charge on any atom is -0.238 e. The molecule has 2 rings (SSSR count). The van der Waals surface area contributed by atoms with Crippen LogP contribution in [0.1, 0.15) is 17.7 Å². The highest BCUT2D eigenvalue weighted by atomic mass is 19.3. The molecule has 0 atom stereocenters. The van der Waals surface area contributed by atoms with Crippen molar-refractivity contribution in [3.8, 4) is 5.69 Å². The van der Waals surface area contributed by atoms with Crippen molar-refractivity contribution in [3.05, 3.63) is 47.5 Å². The Morgan fingerprint density at radius 1 is 1.25 bits per heavy atom. The maximum absolute atomic E-state index is 13.1. The number of aryl methyl sites for hydroxylation is 1. The molecule has 2 nitrogen and oxygen atoms in total. The van der Waals surface area contributed by atoms with Gasteiger partial charge in [-0.05, 0) is 31.2 Å². The Bertz CT molecular complexity index is 506. The molecule has 0 amide bonds. The fraction of sp³-hybridized carbons (Fsp3) is 0.182. The molecular formula is C11H9F3N2. The van der Waals surface area contributed by atoms with Gasteiger partial charge in [-0.15, -0.1) is 0 Å². The van der Waals surface area contributed by atoms with Gasteiger partial charge in [0.2, 0.25) is 0 Å². The summed E-state index contributed by atoms with van der Waals surface area (Å²) in [6.07, 6.45) is -1.27. The first-order valence-electron chi connectivity index (χ1n) is 4.68. The molecule has 0 bridgehead atoms. The predicted molar refractivity (Wildman–Crippen MR) is 53.2 cm³/mol. The van der Waals surface area contributed by atoms with Crippen LogP contribution >= 0.6 is 0 Å². The van der Waals surface area contributed by atoms with Crippen LogP contribution in [0.25, 0.3) is 5.69 Å². The van der Waals surface area contributed by atoms with Crippen molar-refractivity contribution in [2.75, 3.05) is 0 Å². The number of hydrogen-bond donors (Lipinski definition) is 0. The molecule has 5 heteroatoms. The molecule has 0 saturated heterocycles. The van der Waals surface area contributed by atoms with Crippen LogP contribution < -0.4 is 0 Å². The highest BCUT2D eigenvalue weighted by molar-refractivity contribution is 5.37. The van der Waals surface area contributed by atoms with Crippen LogP contribution in [0.2, 0.25) is 0 Å². The first-order chi connectivity index (χ1) is 7.59. The minimum absolute atomic E-state index is 0.430. The fourth-order valence-electron chi connectivity index (χ4n) is 1.47. The highest BCUT2D eigenvalue weighted by Gasteiger charge is 2.14. The van der Waals surface area contributed by atoms with Crippen LogP contribution in [-0.4, -0.2) is 9.78 Å². The second-order valence-corrected chi connectivity index (χ2v) is 3.39. The molecule has 0 aliphatic rings. The number of rotatable bonds is 2. The van der Waals surface area contributed by atoms with Gasteiger partial charge in [0.15, 0.2) is 0 Å². The van der Waals surface area contributed by atoms with Crippen molar-refractivity contribution >= 4 is 0 Å². The molecule has 0 unspecified atom stereocenters. The maximum atomic E-state index is 13.1. The molecule has 1 heterocycles. The van der Waals surface area contributed by atoms with Gasteiger partial charge in [-0.1, -0.05) is 0 Å². The van der Waals surface area contributed by atoms with Crippen LogP contribution in [0.15, 0.2) is 30.5 Å². The largest absolute Gasteiger partial charge is 0.266 e. The van der Waals surface area contributed by atoms with Crippen molar-refractivity contribution in [2.45, 2.75) is 13.3 Å². The Morgan fingerprint density at radius 2 is 2.00 bits per heavy atom. The number of aromatic nitrogens is 2. The van der Waals surface area contributed by atoms with Crippen LogP contribution in [0.4, 0.5) is 13.2 Å². The van der Waals surface area contributed by atoms with Gasteiger partial charge in [-0.3, -0.25) is 0 Å². The summed E-state index contributed by atoms with van der Waals surface area (Å²) < 4.78 is 39.5. The molecule has 0 fully saturated rings. The van der Waals surface area contributed by atoms with Gasteiger partial charge in [0.05, 0.1) is 11.3 Å².